The Morgan fingerprint density at radius 2 is 1.57 bits per heavy atom. The smallest absolute Gasteiger partial charge is 0.192 e. The van der Waals surface area contributed by atoms with Crippen LogP contribution in [0.2, 0.25) is 0 Å². The Morgan fingerprint density at radius 1 is 0.893 bits per heavy atom. The molecule has 3 heteroatoms. The first-order chi connectivity index (χ1) is 13.4. The largest absolute Gasteiger partial charge is 0.299 e. The van der Waals surface area contributed by atoms with E-state index in [1.54, 1.807) is 0 Å². The van der Waals surface area contributed by atoms with Crippen LogP contribution in [0.4, 0.5) is 0 Å². The van der Waals surface area contributed by atoms with Crippen molar-refractivity contribution in [3.05, 3.63) is 76.4 Å². The van der Waals surface area contributed by atoms with Gasteiger partial charge in [-0.05, 0) is 24.3 Å². The summed E-state index contributed by atoms with van der Waals surface area (Å²) in [6.45, 7) is 6.30. The average molecular weight is 369 g/mol. The first-order valence-electron chi connectivity index (χ1n) is 9.91. The van der Waals surface area contributed by atoms with Crippen LogP contribution in [0.25, 0.3) is 5.70 Å². The summed E-state index contributed by atoms with van der Waals surface area (Å²) < 4.78 is 0. The van der Waals surface area contributed by atoms with Crippen molar-refractivity contribution >= 4 is 23.0 Å². The molecule has 0 aromatic heterocycles. The van der Waals surface area contributed by atoms with Gasteiger partial charge in [-0.25, -0.2) is 0 Å². The molecule has 0 amide bonds. The van der Waals surface area contributed by atoms with Gasteiger partial charge in [0.15, 0.2) is 5.78 Å². The van der Waals surface area contributed by atoms with Crippen LogP contribution < -0.4 is 0 Å². The molecule has 2 aliphatic carbocycles. The normalized spacial score (nSPS) is 25.2. The molecule has 2 aromatic rings. The summed E-state index contributed by atoms with van der Waals surface area (Å²) in [5.41, 5.74) is 6.14. The van der Waals surface area contributed by atoms with E-state index in [1.807, 2.05) is 31.2 Å². The number of Topliss-reactive ketones (excluding diaryl/α,β-unsaturated/α-hetero) is 2. The fraction of sp³-hybridized carbons (Fsp3) is 0.320. The van der Waals surface area contributed by atoms with Gasteiger partial charge in [0.1, 0.15) is 5.78 Å². The number of ketones is 2. The second kappa shape index (κ2) is 5.84. The maximum atomic E-state index is 13.4. The monoisotopic (exact) mass is 369 g/mol. The molecular weight excluding hydrogens is 346 g/mol. The molecule has 5 rings (SSSR count). The van der Waals surface area contributed by atoms with Crippen molar-refractivity contribution in [1.82, 2.24) is 0 Å². The Hall–Kier alpha value is -2.81. The van der Waals surface area contributed by atoms with E-state index >= 15 is 0 Å². The molecule has 3 aliphatic rings. The first-order valence-corrected chi connectivity index (χ1v) is 9.91. The van der Waals surface area contributed by atoms with E-state index in [1.165, 1.54) is 5.56 Å². The highest BCUT2D eigenvalue weighted by atomic mass is 16.1. The van der Waals surface area contributed by atoms with Gasteiger partial charge in [-0.2, -0.15) is 0 Å². The van der Waals surface area contributed by atoms with Crippen molar-refractivity contribution in [3.8, 4) is 0 Å². The van der Waals surface area contributed by atoms with Crippen LogP contribution in [0, 0.1) is 18.3 Å². The summed E-state index contributed by atoms with van der Waals surface area (Å²) in [4.78, 5) is 31.6. The highest BCUT2D eigenvalue weighted by Gasteiger charge is 2.49. The lowest BCUT2D eigenvalue weighted by Gasteiger charge is -2.40. The second-order valence-corrected chi connectivity index (χ2v) is 9.09. The zero-order valence-corrected chi connectivity index (χ0v) is 16.5. The maximum Gasteiger partial charge on any atom is 0.192 e. The van der Waals surface area contributed by atoms with E-state index in [-0.39, 0.29) is 28.8 Å². The minimum absolute atomic E-state index is 0.0246. The quantitative estimate of drug-likeness (QED) is 0.698. The molecule has 0 bridgehead atoms. The van der Waals surface area contributed by atoms with E-state index in [9.17, 15) is 9.59 Å². The predicted molar refractivity (Wildman–Crippen MR) is 111 cm³/mol. The molecular formula is C25H23NO2. The van der Waals surface area contributed by atoms with Gasteiger partial charge in [-0.1, -0.05) is 67.9 Å². The van der Waals surface area contributed by atoms with Crippen molar-refractivity contribution in [2.75, 3.05) is 0 Å². The number of carbonyl (C=O) groups is 2. The number of hydrogen-bond acceptors (Lipinski definition) is 3. The average Bonchev–Trinajstić information content (AvgIpc) is 2.93. The van der Waals surface area contributed by atoms with Crippen LogP contribution in [-0.4, -0.2) is 17.3 Å². The Labute approximate surface area is 165 Å². The molecule has 1 heterocycles. The van der Waals surface area contributed by atoms with E-state index in [2.05, 4.69) is 38.1 Å². The number of aliphatic imine (C=N–C) groups is 1. The number of carbonyl (C=O) groups excluding carboxylic acids is 2. The number of rotatable bonds is 1. The zero-order valence-electron chi connectivity index (χ0n) is 16.5. The van der Waals surface area contributed by atoms with Gasteiger partial charge < -0.3 is 0 Å². The third-order valence-corrected chi connectivity index (χ3v) is 6.28. The minimum atomic E-state index is -0.326. The zero-order chi connectivity index (χ0) is 19.6. The summed E-state index contributed by atoms with van der Waals surface area (Å²) in [5.74, 6) is -0.341. The molecule has 1 unspecified atom stereocenters. The van der Waals surface area contributed by atoms with Crippen LogP contribution in [0.15, 0.2) is 59.1 Å². The molecule has 0 N–H and O–H groups in total. The molecule has 0 radical (unpaired) electrons. The van der Waals surface area contributed by atoms with E-state index in [0.29, 0.717) is 17.6 Å². The molecule has 3 nitrogen and oxygen atoms in total. The van der Waals surface area contributed by atoms with Crippen LogP contribution in [0.3, 0.4) is 0 Å². The summed E-state index contributed by atoms with van der Waals surface area (Å²) in [6.07, 6.45) is 1.32. The number of aryl methyl sites for hydroxylation is 1. The fourth-order valence-corrected chi connectivity index (χ4v) is 5.06. The number of nitrogens with zero attached hydrogens (tertiary/aromatic N) is 1. The summed E-state index contributed by atoms with van der Waals surface area (Å²) in [6, 6.07) is 15.9. The van der Waals surface area contributed by atoms with E-state index < -0.39 is 0 Å². The summed E-state index contributed by atoms with van der Waals surface area (Å²) in [5, 5.41) is 0. The molecule has 2 aromatic carbocycles. The van der Waals surface area contributed by atoms with Gasteiger partial charge in [-0.15, -0.1) is 0 Å². The van der Waals surface area contributed by atoms with Crippen molar-refractivity contribution in [2.45, 2.75) is 39.5 Å². The fourth-order valence-electron chi connectivity index (χ4n) is 5.06. The van der Waals surface area contributed by atoms with Gasteiger partial charge in [0.05, 0.1) is 11.6 Å². The van der Waals surface area contributed by atoms with Crippen molar-refractivity contribution in [3.63, 3.8) is 0 Å². The topological polar surface area (TPSA) is 46.5 Å². The molecule has 0 spiro atoms. The number of benzene rings is 2. The number of hydrogen-bond donors (Lipinski definition) is 0. The van der Waals surface area contributed by atoms with Gasteiger partial charge >= 0.3 is 0 Å². The van der Waals surface area contributed by atoms with Crippen LogP contribution in [-0.2, 0) is 4.79 Å². The molecule has 1 aliphatic heterocycles. The van der Waals surface area contributed by atoms with Gasteiger partial charge in [0.2, 0.25) is 0 Å². The lowest BCUT2D eigenvalue weighted by atomic mass is 9.63. The second-order valence-electron chi connectivity index (χ2n) is 9.09. The molecule has 2 atom stereocenters. The lowest BCUT2D eigenvalue weighted by Crippen LogP contribution is -2.43. The molecule has 28 heavy (non-hydrogen) atoms. The number of allylic oxidation sites excluding steroid dienone is 1. The third-order valence-electron chi connectivity index (χ3n) is 6.28. The Bertz CT molecular complexity index is 1090. The SMILES string of the molecule is Cc1ccc([C@H]2C3=C(N=C4CC(C)(C)CC(=O)C42)c2ccccc2C3=O)cc1. The van der Waals surface area contributed by atoms with Crippen LogP contribution in [0.1, 0.15) is 59.7 Å². The Kier molecular flexibility index (Phi) is 3.61. The summed E-state index contributed by atoms with van der Waals surface area (Å²) >= 11 is 0. The van der Waals surface area contributed by atoms with Gasteiger partial charge in [0.25, 0.3) is 0 Å². The van der Waals surface area contributed by atoms with Crippen LogP contribution >= 0.6 is 0 Å². The highest BCUT2D eigenvalue weighted by Crippen LogP contribution is 2.51. The molecule has 1 saturated carbocycles. The number of fused-ring (bicyclic) bond motifs is 3. The Balaban J connectivity index is 1.75. The Morgan fingerprint density at radius 3 is 2.29 bits per heavy atom. The molecule has 1 fully saturated rings. The van der Waals surface area contributed by atoms with E-state index in [0.717, 1.165) is 29.0 Å². The van der Waals surface area contributed by atoms with Crippen molar-refractivity contribution in [1.29, 1.82) is 0 Å². The third kappa shape index (κ3) is 2.46. The molecule has 0 saturated heterocycles. The highest BCUT2D eigenvalue weighted by molar-refractivity contribution is 6.25. The van der Waals surface area contributed by atoms with Crippen molar-refractivity contribution < 1.29 is 9.59 Å². The maximum absolute atomic E-state index is 13.4. The van der Waals surface area contributed by atoms with E-state index in [4.69, 9.17) is 4.99 Å². The minimum Gasteiger partial charge on any atom is -0.299 e. The lowest BCUT2D eigenvalue weighted by molar-refractivity contribution is -0.124. The van der Waals surface area contributed by atoms with Crippen molar-refractivity contribution in [2.24, 2.45) is 16.3 Å². The van der Waals surface area contributed by atoms with Gasteiger partial charge in [0, 0.05) is 34.8 Å². The standard InChI is InChI=1S/C25H23NO2/c1-14-8-10-15(11-9-14)20-21-18(12-25(2,3)13-19(21)27)26-23-16-6-4-5-7-17(16)24(28)22(20)23/h4-11,20-21H,12-13H2,1-3H3/t20-,21?/m1/s1. The summed E-state index contributed by atoms with van der Waals surface area (Å²) in [7, 11) is 0. The first kappa shape index (κ1) is 17.3. The van der Waals surface area contributed by atoms with Gasteiger partial charge in [-0.3, -0.25) is 14.6 Å². The predicted octanol–water partition coefficient (Wildman–Crippen LogP) is 5.15. The molecule has 140 valence electrons. The van der Waals surface area contributed by atoms with Crippen LogP contribution in [0.5, 0.6) is 0 Å².